The maximum atomic E-state index is 6.35. The lowest BCUT2D eigenvalue weighted by Gasteiger charge is -2.21. The van der Waals surface area contributed by atoms with E-state index in [1.165, 1.54) is 6.42 Å². The second-order valence-electron chi connectivity index (χ2n) is 5.77. The predicted octanol–water partition coefficient (Wildman–Crippen LogP) is 3.08. The van der Waals surface area contributed by atoms with Crippen molar-refractivity contribution >= 4 is 17.4 Å². The number of hydrogen-bond donors (Lipinski definition) is 1. The summed E-state index contributed by atoms with van der Waals surface area (Å²) in [4.78, 5) is 6.82. The van der Waals surface area contributed by atoms with E-state index < -0.39 is 0 Å². The highest BCUT2D eigenvalue weighted by Crippen LogP contribution is 2.34. The van der Waals surface area contributed by atoms with Gasteiger partial charge in [-0.25, -0.2) is 4.98 Å². The number of rotatable bonds is 4. The maximum absolute atomic E-state index is 6.35. The molecule has 2 rings (SSSR count). The molecule has 1 aliphatic rings. The number of nitrogens with zero attached hydrogens (tertiary/aromatic N) is 2. The largest absolute Gasteiger partial charge is 0.355 e. The standard InChI is InChI=1S/C14H22ClN3/c1-4-16-8-11-7-12(15)13(17-9-11)18-6-5-14(2,3)10-18/h7,9,16H,4-6,8,10H2,1-3H3. The van der Waals surface area contributed by atoms with Crippen molar-refractivity contribution in [1.82, 2.24) is 10.3 Å². The highest BCUT2D eigenvalue weighted by atomic mass is 35.5. The van der Waals surface area contributed by atoms with E-state index in [9.17, 15) is 0 Å². The van der Waals surface area contributed by atoms with E-state index in [0.29, 0.717) is 5.41 Å². The molecule has 1 N–H and O–H groups in total. The first kappa shape index (κ1) is 13.6. The van der Waals surface area contributed by atoms with Crippen LogP contribution in [0.15, 0.2) is 12.3 Å². The van der Waals surface area contributed by atoms with Gasteiger partial charge in [-0.2, -0.15) is 0 Å². The molecule has 0 bridgehead atoms. The number of pyridine rings is 1. The van der Waals surface area contributed by atoms with Crippen LogP contribution in [0.3, 0.4) is 0 Å². The summed E-state index contributed by atoms with van der Waals surface area (Å²) >= 11 is 6.35. The summed E-state index contributed by atoms with van der Waals surface area (Å²) in [6.45, 7) is 10.5. The first-order valence-electron chi connectivity index (χ1n) is 6.62. The molecule has 4 heteroatoms. The highest BCUT2D eigenvalue weighted by molar-refractivity contribution is 6.33. The molecule has 100 valence electrons. The average Bonchev–Trinajstić information content (AvgIpc) is 2.67. The van der Waals surface area contributed by atoms with E-state index in [-0.39, 0.29) is 0 Å². The van der Waals surface area contributed by atoms with Crippen molar-refractivity contribution in [3.05, 3.63) is 22.8 Å². The molecule has 0 atom stereocenters. The summed E-state index contributed by atoms with van der Waals surface area (Å²) in [6.07, 6.45) is 3.12. The van der Waals surface area contributed by atoms with Crippen molar-refractivity contribution in [2.24, 2.45) is 5.41 Å². The normalized spacial score (nSPS) is 18.3. The summed E-state index contributed by atoms with van der Waals surface area (Å²) < 4.78 is 0. The molecule has 0 aliphatic carbocycles. The minimum Gasteiger partial charge on any atom is -0.355 e. The van der Waals surface area contributed by atoms with Crippen LogP contribution in [-0.2, 0) is 6.54 Å². The number of nitrogens with one attached hydrogen (secondary N) is 1. The third kappa shape index (κ3) is 3.15. The van der Waals surface area contributed by atoms with E-state index in [0.717, 1.165) is 42.6 Å². The highest BCUT2D eigenvalue weighted by Gasteiger charge is 2.30. The van der Waals surface area contributed by atoms with E-state index in [1.807, 2.05) is 12.3 Å². The van der Waals surface area contributed by atoms with Gasteiger partial charge in [0.2, 0.25) is 0 Å². The fourth-order valence-corrected chi connectivity index (χ4v) is 2.67. The summed E-state index contributed by atoms with van der Waals surface area (Å²) in [5, 5.41) is 4.05. The fourth-order valence-electron chi connectivity index (χ4n) is 2.36. The molecular weight excluding hydrogens is 246 g/mol. The Hall–Kier alpha value is -0.800. The van der Waals surface area contributed by atoms with Crippen molar-refractivity contribution in [2.75, 3.05) is 24.5 Å². The maximum Gasteiger partial charge on any atom is 0.147 e. The monoisotopic (exact) mass is 267 g/mol. The zero-order valence-electron chi connectivity index (χ0n) is 11.5. The van der Waals surface area contributed by atoms with Gasteiger partial charge in [-0.1, -0.05) is 32.4 Å². The van der Waals surface area contributed by atoms with Gasteiger partial charge in [0, 0.05) is 25.8 Å². The Morgan fingerprint density at radius 3 is 2.83 bits per heavy atom. The second-order valence-corrected chi connectivity index (χ2v) is 6.17. The Morgan fingerprint density at radius 2 is 2.28 bits per heavy atom. The molecule has 3 nitrogen and oxygen atoms in total. The van der Waals surface area contributed by atoms with Crippen LogP contribution in [0.5, 0.6) is 0 Å². The van der Waals surface area contributed by atoms with Crippen molar-refractivity contribution in [1.29, 1.82) is 0 Å². The number of anilines is 1. The zero-order chi connectivity index (χ0) is 13.2. The van der Waals surface area contributed by atoms with Crippen LogP contribution >= 0.6 is 11.6 Å². The van der Waals surface area contributed by atoms with Gasteiger partial charge in [0.25, 0.3) is 0 Å². The third-order valence-corrected chi connectivity index (χ3v) is 3.71. The van der Waals surface area contributed by atoms with Gasteiger partial charge in [0.15, 0.2) is 0 Å². The van der Waals surface area contributed by atoms with Gasteiger partial charge < -0.3 is 10.2 Å². The van der Waals surface area contributed by atoms with Crippen LogP contribution in [-0.4, -0.2) is 24.6 Å². The number of aromatic nitrogens is 1. The first-order chi connectivity index (χ1) is 8.52. The Kier molecular flexibility index (Phi) is 4.13. The Bertz CT molecular complexity index is 418. The Morgan fingerprint density at radius 1 is 1.50 bits per heavy atom. The van der Waals surface area contributed by atoms with E-state index >= 15 is 0 Å². The lowest BCUT2D eigenvalue weighted by Crippen LogP contribution is -2.24. The van der Waals surface area contributed by atoms with E-state index in [4.69, 9.17) is 11.6 Å². The van der Waals surface area contributed by atoms with Crippen LogP contribution in [0.1, 0.15) is 32.8 Å². The lowest BCUT2D eigenvalue weighted by molar-refractivity contribution is 0.418. The van der Waals surface area contributed by atoms with Crippen LogP contribution < -0.4 is 10.2 Å². The summed E-state index contributed by atoms with van der Waals surface area (Å²) in [5.41, 5.74) is 1.51. The van der Waals surface area contributed by atoms with Crippen molar-refractivity contribution in [3.63, 3.8) is 0 Å². The van der Waals surface area contributed by atoms with Crippen LogP contribution in [0.2, 0.25) is 5.02 Å². The minimum absolute atomic E-state index is 0.368. The smallest absolute Gasteiger partial charge is 0.147 e. The molecule has 0 unspecified atom stereocenters. The molecule has 1 aromatic heterocycles. The molecule has 1 saturated heterocycles. The quantitative estimate of drug-likeness (QED) is 0.909. The third-order valence-electron chi connectivity index (χ3n) is 3.43. The van der Waals surface area contributed by atoms with Crippen molar-refractivity contribution in [3.8, 4) is 0 Å². The molecule has 18 heavy (non-hydrogen) atoms. The molecule has 0 saturated carbocycles. The summed E-state index contributed by atoms with van der Waals surface area (Å²) in [5.74, 6) is 0.933. The molecule has 0 aromatic carbocycles. The first-order valence-corrected chi connectivity index (χ1v) is 7.00. The number of halogens is 1. The summed E-state index contributed by atoms with van der Waals surface area (Å²) in [6, 6.07) is 2.03. The molecule has 2 heterocycles. The molecule has 1 aliphatic heterocycles. The van der Waals surface area contributed by atoms with E-state index in [1.54, 1.807) is 0 Å². The van der Waals surface area contributed by atoms with Crippen LogP contribution in [0.4, 0.5) is 5.82 Å². The molecule has 0 spiro atoms. The van der Waals surface area contributed by atoms with Gasteiger partial charge in [0.1, 0.15) is 5.82 Å². The van der Waals surface area contributed by atoms with E-state index in [2.05, 4.69) is 36.0 Å². The molecule has 1 fully saturated rings. The van der Waals surface area contributed by atoms with Gasteiger partial charge in [0.05, 0.1) is 5.02 Å². The van der Waals surface area contributed by atoms with Gasteiger partial charge in [-0.3, -0.25) is 0 Å². The molecule has 1 aromatic rings. The molecular formula is C14H22ClN3. The predicted molar refractivity (Wildman–Crippen MR) is 77.2 cm³/mol. The van der Waals surface area contributed by atoms with Crippen LogP contribution in [0, 0.1) is 5.41 Å². The van der Waals surface area contributed by atoms with Crippen LogP contribution in [0.25, 0.3) is 0 Å². The molecule has 0 amide bonds. The van der Waals surface area contributed by atoms with Gasteiger partial charge in [-0.05, 0) is 30.0 Å². The SMILES string of the molecule is CCNCc1cnc(N2CCC(C)(C)C2)c(Cl)c1. The fraction of sp³-hybridized carbons (Fsp3) is 0.643. The lowest BCUT2D eigenvalue weighted by atomic mass is 9.93. The van der Waals surface area contributed by atoms with Gasteiger partial charge in [-0.15, -0.1) is 0 Å². The Labute approximate surface area is 115 Å². The topological polar surface area (TPSA) is 28.2 Å². The number of hydrogen-bond acceptors (Lipinski definition) is 3. The summed E-state index contributed by atoms with van der Waals surface area (Å²) in [7, 11) is 0. The Balaban J connectivity index is 2.10. The minimum atomic E-state index is 0.368. The second kappa shape index (κ2) is 5.45. The average molecular weight is 268 g/mol. The molecule has 0 radical (unpaired) electrons. The van der Waals surface area contributed by atoms with Crippen molar-refractivity contribution < 1.29 is 0 Å². The van der Waals surface area contributed by atoms with Crippen molar-refractivity contribution in [2.45, 2.75) is 33.7 Å². The zero-order valence-corrected chi connectivity index (χ0v) is 12.2. The van der Waals surface area contributed by atoms with Gasteiger partial charge >= 0.3 is 0 Å².